The fourth-order valence-corrected chi connectivity index (χ4v) is 4.85. The van der Waals surface area contributed by atoms with Gasteiger partial charge in [-0.2, -0.15) is 4.31 Å². The number of amides is 1. The Morgan fingerprint density at radius 1 is 1.10 bits per heavy atom. The number of fused-ring (bicyclic) bond motifs is 1. The van der Waals surface area contributed by atoms with Crippen molar-refractivity contribution in [3.05, 3.63) is 65.9 Å². The first-order chi connectivity index (χ1) is 13.9. The van der Waals surface area contributed by atoms with Crippen LogP contribution >= 0.6 is 0 Å². The molecule has 1 aliphatic heterocycles. The van der Waals surface area contributed by atoms with Crippen LogP contribution in [0.2, 0.25) is 0 Å². The fourth-order valence-electron chi connectivity index (χ4n) is 3.46. The van der Waals surface area contributed by atoms with Gasteiger partial charge in [-0.25, -0.2) is 12.8 Å². The maximum absolute atomic E-state index is 13.5. The Morgan fingerprint density at radius 3 is 2.55 bits per heavy atom. The first kappa shape index (κ1) is 19.4. The van der Waals surface area contributed by atoms with Gasteiger partial charge in [0.05, 0.1) is 11.1 Å². The summed E-state index contributed by atoms with van der Waals surface area (Å²) in [4.78, 5) is 23.0. The van der Waals surface area contributed by atoms with Crippen LogP contribution in [-0.4, -0.2) is 59.7 Å². The Labute approximate surface area is 167 Å². The molecular formula is C20H19FN4O3S. The lowest BCUT2D eigenvalue weighted by molar-refractivity contribution is 0.0699. The molecule has 0 unspecified atom stereocenters. The van der Waals surface area contributed by atoms with Gasteiger partial charge in [0.15, 0.2) is 0 Å². The summed E-state index contributed by atoms with van der Waals surface area (Å²) in [5, 5.41) is 0.576. The van der Waals surface area contributed by atoms with Crippen molar-refractivity contribution in [2.75, 3.05) is 26.2 Å². The number of halogens is 1. The van der Waals surface area contributed by atoms with Crippen LogP contribution in [0.4, 0.5) is 4.39 Å². The predicted octanol–water partition coefficient (Wildman–Crippen LogP) is 2.22. The summed E-state index contributed by atoms with van der Waals surface area (Å²) in [6.45, 7) is 2.67. The van der Waals surface area contributed by atoms with E-state index in [1.807, 2.05) is 0 Å². The van der Waals surface area contributed by atoms with Crippen molar-refractivity contribution in [2.24, 2.45) is 0 Å². The van der Waals surface area contributed by atoms with Crippen LogP contribution in [0.5, 0.6) is 0 Å². The number of carbonyl (C=O) groups is 1. The largest absolute Gasteiger partial charge is 0.336 e. The second-order valence-electron chi connectivity index (χ2n) is 6.86. The third-order valence-corrected chi connectivity index (χ3v) is 6.81. The Kier molecular flexibility index (Phi) is 5.01. The Morgan fingerprint density at radius 2 is 1.86 bits per heavy atom. The van der Waals surface area contributed by atoms with Crippen LogP contribution in [0.15, 0.2) is 53.7 Å². The molecule has 0 saturated carbocycles. The molecule has 1 fully saturated rings. The molecule has 4 rings (SSSR count). The molecule has 0 aliphatic carbocycles. The molecule has 0 N–H and O–H groups in total. The third kappa shape index (κ3) is 3.70. The number of aryl methyl sites for hydroxylation is 1. The van der Waals surface area contributed by atoms with E-state index in [-0.39, 0.29) is 37.0 Å². The summed E-state index contributed by atoms with van der Waals surface area (Å²) in [6, 6.07) is 8.91. The van der Waals surface area contributed by atoms with E-state index in [1.165, 1.54) is 34.9 Å². The fraction of sp³-hybridized carbons (Fsp3) is 0.250. The lowest BCUT2D eigenvalue weighted by Crippen LogP contribution is -2.50. The van der Waals surface area contributed by atoms with E-state index in [9.17, 15) is 17.6 Å². The third-order valence-electron chi connectivity index (χ3n) is 4.93. The summed E-state index contributed by atoms with van der Waals surface area (Å²) < 4.78 is 40.4. The van der Waals surface area contributed by atoms with Crippen molar-refractivity contribution in [2.45, 2.75) is 11.8 Å². The molecule has 0 radical (unpaired) electrons. The highest BCUT2D eigenvalue weighted by atomic mass is 32.2. The normalized spacial score (nSPS) is 15.6. The van der Waals surface area contributed by atoms with Gasteiger partial charge in [-0.3, -0.25) is 14.8 Å². The molecule has 9 heteroatoms. The minimum Gasteiger partial charge on any atom is -0.336 e. The smallest absolute Gasteiger partial charge is 0.254 e. The summed E-state index contributed by atoms with van der Waals surface area (Å²) in [6.07, 6.45) is 2.83. The molecule has 1 aromatic carbocycles. The molecule has 0 bridgehead atoms. The van der Waals surface area contributed by atoms with Gasteiger partial charge in [-0.15, -0.1) is 0 Å². The first-order valence-corrected chi connectivity index (χ1v) is 10.6. The zero-order valence-corrected chi connectivity index (χ0v) is 16.6. The number of benzene rings is 1. The van der Waals surface area contributed by atoms with E-state index in [0.29, 0.717) is 22.2 Å². The van der Waals surface area contributed by atoms with Gasteiger partial charge >= 0.3 is 0 Å². The summed E-state index contributed by atoms with van der Waals surface area (Å²) >= 11 is 0. The van der Waals surface area contributed by atoms with E-state index < -0.39 is 15.8 Å². The van der Waals surface area contributed by atoms with Gasteiger partial charge in [0, 0.05) is 55.7 Å². The number of nitrogens with zero attached hydrogens (tertiary/aromatic N) is 4. The number of carbonyl (C=O) groups excluding carboxylic acids is 1. The van der Waals surface area contributed by atoms with Crippen LogP contribution in [0, 0.1) is 12.7 Å². The van der Waals surface area contributed by atoms with Crippen molar-refractivity contribution in [3.63, 3.8) is 0 Å². The highest BCUT2D eigenvalue weighted by molar-refractivity contribution is 7.89. The van der Waals surface area contributed by atoms with E-state index in [4.69, 9.17) is 0 Å². The van der Waals surface area contributed by atoms with Crippen LogP contribution in [0.3, 0.4) is 0 Å². The highest BCUT2D eigenvalue weighted by Crippen LogP contribution is 2.23. The molecule has 3 aromatic rings. The number of pyridine rings is 2. The SMILES string of the molecule is Cc1cc(C(=O)N2CCN(S(=O)(=O)c3cccnc3)CC2)c2ccc(F)cc2n1. The first-order valence-electron chi connectivity index (χ1n) is 9.12. The van der Waals surface area contributed by atoms with E-state index in [2.05, 4.69) is 9.97 Å². The Bertz CT molecular complexity index is 1170. The molecule has 1 aliphatic rings. The second-order valence-corrected chi connectivity index (χ2v) is 8.80. The monoisotopic (exact) mass is 414 g/mol. The van der Waals surface area contributed by atoms with E-state index in [0.717, 1.165) is 0 Å². The maximum atomic E-state index is 13.5. The molecular weight excluding hydrogens is 395 g/mol. The van der Waals surface area contributed by atoms with Gasteiger partial charge < -0.3 is 4.90 Å². The predicted molar refractivity (Wildman–Crippen MR) is 105 cm³/mol. The number of hydrogen-bond donors (Lipinski definition) is 0. The van der Waals surface area contributed by atoms with Gasteiger partial charge in [-0.1, -0.05) is 0 Å². The summed E-state index contributed by atoms with van der Waals surface area (Å²) in [5.74, 6) is -0.631. The van der Waals surface area contributed by atoms with Gasteiger partial charge in [0.1, 0.15) is 10.7 Å². The van der Waals surface area contributed by atoms with Crippen molar-refractivity contribution >= 4 is 26.8 Å². The van der Waals surface area contributed by atoms with E-state index in [1.54, 1.807) is 30.0 Å². The average molecular weight is 414 g/mol. The zero-order chi connectivity index (χ0) is 20.6. The Balaban J connectivity index is 1.55. The molecule has 29 heavy (non-hydrogen) atoms. The molecule has 0 atom stereocenters. The number of aromatic nitrogens is 2. The number of piperazine rings is 1. The number of sulfonamides is 1. The molecule has 150 valence electrons. The topological polar surface area (TPSA) is 83.5 Å². The maximum Gasteiger partial charge on any atom is 0.254 e. The molecule has 7 nitrogen and oxygen atoms in total. The summed E-state index contributed by atoms with van der Waals surface area (Å²) in [7, 11) is -3.64. The van der Waals surface area contributed by atoms with Crippen molar-refractivity contribution in [1.29, 1.82) is 0 Å². The van der Waals surface area contributed by atoms with Gasteiger partial charge in [0.2, 0.25) is 10.0 Å². The lowest BCUT2D eigenvalue weighted by Gasteiger charge is -2.34. The molecule has 3 heterocycles. The number of hydrogen-bond acceptors (Lipinski definition) is 5. The number of rotatable bonds is 3. The van der Waals surface area contributed by atoms with Crippen LogP contribution < -0.4 is 0 Å². The minimum atomic E-state index is -3.64. The summed E-state index contributed by atoms with van der Waals surface area (Å²) in [5.41, 5.74) is 1.48. The van der Waals surface area contributed by atoms with Gasteiger partial charge in [0.25, 0.3) is 5.91 Å². The zero-order valence-electron chi connectivity index (χ0n) is 15.7. The Hall–Kier alpha value is -2.91. The standard InChI is InChI=1S/C20H19FN4O3S/c1-14-11-18(17-5-4-15(21)12-19(17)23-14)20(26)24-7-9-25(10-8-24)29(27,28)16-3-2-6-22-13-16/h2-6,11-13H,7-10H2,1H3. The van der Waals surface area contributed by atoms with Crippen LogP contribution in [0.25, 0.3) is 10.9 Å². The quantitative estimate of drug-likeness (QED) is 0.656. The van der Waals surface area contributed by atoms with Crippen molar-refractivity contribution in [3.8, 4) is 0 Å². The minimum absolute atomic E-state index is 0.137. The van der Waals surface area contributed by atoms with Crippen LogP contribution in [-0.2, 0) is 10.0 Å². The molecule has 2 aromatic heterocycles. The van der Waals surface area contributed by atoms with Crippen LogP contribution in [0.1, 0.15) is 16.1 Å². The molecule has 1 amide bonds. The van der Waals surface area contributed by atoms with Crippen molar-refractivity contribution in [1.82, 2.24) is 19.2 Å². The van der Waals surface area contributed by atoms with Crippen molar-refractivity contribution < 1.29 is 17.6 Å². The highest BCUT2D eigenvalue weighted by Gasteiger charge is 2.31. The van der Waals surface area contributed by atoms with Gasteiger partial charge in [-0.05, 0) is 37.3 Å². The molecule has 1 saturated heterocycles. The second kappa shape index (κ2) is 7.49. The van der Waals surface area contributed by atoms with E-state index >= 15 is 0 Å². The average Bonchev–Trinajstić information content (AvgIpc) is 2.73. The molecule has 0 spiro atoms. The lowest BCUT2D eigenvalue weighted by atomic mass is 10.1.